The lowest BCUT2D eigenvalue weighted by atomic mass is 10.1. The van der Waals surface area contributed by atoms with Crippen molar-refractivity contribution in [2.75, 3.05) is 0 Å². The highest BCUT2D eigenvalue weighted by atomic mass is 32.2. The molecule has 0 saturated carbocycles. The van der Waals surface area contributed by atoms with E-state index in [9.17, 15) is 8.42 Å². The fourth-order valence-corrected chi connectivity index (χ4v) is 1.32. The third-order valence-electron chi connectivity index (χ3n) is 1.71. The molecule has 13 heavy (non-hydrogen) atoms. The number of nitrogens with one attached hydrogen (secondary N) is 1. The van der Waals surface area contributed by atoms with Crippen molar-refractivity contribution in [1.82, 2.24) is 4.72 Å². The van der Waals surface area contributed by atoms with Crippen LogP contribution in [0, 0.1) is 6.92 Å². The molecule has 2 N–H and O–H groups in total. The van der Waals surface area contributed by atoms with Gasteiger partial charge >= 0.3 is 10.3 Å². The summed E-state index contributed by atoms with van der Waals surface area (Å²) in [5.74, 6) is 0. The van der Waals surface area contributed by atoms with E-state index >= 15 is 0 Å². The van der Waals surface area contributed by atoms with Crippen LogP contribution < -0.4 is 4.72 Å². The van der Waals surface area contributed by atoms with Crippen molar-refractivity contribution in [3.05, 3.63) is 35.4 Å². The van der Waals surface area contributed by atoms with E-state index in [4.69, 9.17) is 4.55 Å². The Morgan fingerprint density at radius 1 is 1.38 bits per heavy atom. The summed E-state index contributed by atoms with van der Waals surface area (Å²) in [5, 5.41) is 0. The first-order chi connectivity index (χ1) is 5.99. The van der Waals surface area contributed by atoms with E-state index in [0.29, 0.717) is 0 Å². The van der Waals surface area contributed by atoms with Crippen LogP contribution in [0.4, 0.5) is 0 Å². The average molecular weight is 201 g/mol. The molecule has 0 aliphatic carbocycles. The fourth-order valence-electron chi connectivity index (χ4n) is 0.977. The number of hydrogen-bond acceptors (Lipinski definition) is 2. The second-order valence-corrected chi connectivity index (χ2v) is 3.96. The minimum absolute atomic E-state index is 0.117. The van der Waals surface area contributed by atoms with Gasteiger partial charge in [-0.3, -0.25) is 4.55 Å². The molecule has 0 fully saturated rings. The summed E-state index contributed by atoms with van der Waals surface area (Å²) in [4.78, 5) is 0. The summed E-state index contributed by atoms with van der Waals surface area (Å²) in [6, 6.07) is 7.36. The van der Waals surface area contributed by atoms with Gasteiger partial charge in [-0.1, -0.05) is 24.3 Å². The zero-order valence-corrected chi connectivity index (χ0v) is 8.00. The molecule has 0 unspecified atom stereocenters. The van der Waals surface area contributed by atoms with Crippen LogP contribution in [-0.2, 0) is 16.8 Å². The number of rotatable bonds is 3. The Morgan fingerprint density at radius 3 is 2.54 bits per heavy atom. The van der Waals surface area contributed by atoms with E-state index in [0.717, 1.165) is 11.1 Å². The molecule has 0 radical (unpaired) electrons. The second-order valence-electron chi connectivity index (χ2n) is 2.72. The quantitative estimate of drug-likeness (QED) is 0.714. The molecular formula is C8H11NO3S. The summed E-state index contributed by atoms with van der Waals surface area (Å²) in [6.45, 7) is 1.99. The molecule has 5 heteroatoms. The molecule has 0 heterocycles. The second kappa shape index (κ2) is 3.87. The highest BCUT2D eigenvalue weighted by Crippen LogP contribution is 2.06. The standard InChI is InChI=1S/C8H11NO3S/c1-7-4-2-3-5-8(7)6-9-13(10,11)12/h2-5,9H,6H2,1H3,(H,10,11,12). The number of hydrogen-bond donors (Lipinski definition) is 2. The van der Waals surface area contributed by atoms with Gasteiger partial charge in [0.2, 0.25) is 0 Å². The fraction of sp³-hybridized carbons (Fsp3) is 0.250. The van der Waals surface area contributed by atoms with Gasteiger partial charge in [0.25, 0.3) is 0 Å². The average Bonchev–Trinajstić information content (AvgIpc) is 2.01. The van der Waals surface area contributed by atoms with E-state index in [-0.39, 0.29) is 6.54 Å². The molecular weight excluding hydrogens is 190 g/mol. The van der Waals surface area contributed by atoms with Crippen molar-refractivity contribution >= 4 is 10.3 Å². The molecule has 72 valence electrons. The lowest BCUT2D eigenvalue weighted by molar-refractivity contribution is 0.467. The van der Waals surface area contributed by atoms with Gasteiger partial charge in [-0.25, -0.2) is 0 Å². The molecule has 1 rings (SSSR count). The molecule has 0 atom stereocenters. The Hall–Kier alpha value is -0.910. The van der Waals surface area contributed by atoms with Crippen LogP contribution in [0.1, 0.15) is 11.1 Å². The summed E-state index contributed by atoms with van der Waals surface area (Å²) < 4.78 is 31.2. The first-order valence-corrected chi connectivity index (χ1v) is 5.19. The molecule has 0 saturated heterocycles. The predicted molar refractivity (Wildman–Crippen MR) is 49.6 cm³/mol. The first-order valence-electron chi connectivity index (χ1n) is 3.75. The van der Waals surface area contributed by atoms with Crippen LogP contribution in [0.25, 0.3) is 0 Å². The zero-order valence-electron chi connectivity index (χ0n) is 7.19. The van der Waals surface area contributed by atoms with Gasteiger partial charge < -0.3 is 0 Å². The van der Waals surface area contributed by atoms with Crippen LogP contribution in [0.2, 0.25) is 0 Å². The Bertz CT molecular complexity index is 386. The first kappa shape index (κ1) is 10.2. The monoisotopic (exact) mass is 201 g/mol. The van der Waals surface area contributed by atoms with Gasteiger partial charge in [-0.15, -0.1) is 0 Å². The molecule has 0 aliphatic rings. The minimum atomic E-state index is -4.09. The topological polar surface area (TPSA) is 66.4 Å². The molecule has 1 aromatic rings. The van der Waals surface area contributed by atoms with Crippen molar-refractivity contribution in [2.45, 2.75) is 13.5 Å². The van der Waals surface area contributed by atoms with Crippen LogP contribution in [0.3, 0.4) is 0 Å². The van der Waals surface area contributed by atoms with E-state index < -0.39 is 10.3 Å². The maximum Gasteiger partial charge on any atom is 0.333 e. The Kier molecular flexibility index (Phi) is 3.02. The van der Waals surface area contributed by atoms with E-state index in [1.54, 1.807) is 6.07 Å². The SMILES string of the molecule is Cc1ccccc1CNS(=O)(=O)O. The van der Waals surface area contributed by atoms with Crippen LogP contribution in [-0.4, -0.2) is 13.0 Å². The van der Waals surface area contributed by atoms with Crippen molar-refractivity contribution in [1.29, 1.82) is 0 Å². The van der Waals surface area contributed by atoms with Crippen molar-refractivity contribution < 1.29 is 13.0 Å². The Balaban J connectivity index is 2.71. The van der Waals surface area contributed by atoms with E-state index in [1.165, 1.54) is 0 Å². The summed E-state index contributed by atoms with van der Waals surface area (Å²) in [6.07, 6.45) is 0. The van der Waals surface area contributed by atoms with Crippen LogP contribution in [0.5, 0.6) is 0 Å². The molecule has 0 aliphatic heterocycles. The van der Waals surface area contributed by atoms with Gasteiger partial charge in [-0.05, 0) is 18.1 Å². The lowest BCUT2D eigenvalue weighted by Crippen LogP contribution is -2.22. The van der Waals surface area contributed by atoms with Crippen LogP contribution >= 0.6 is 0 Å². The molecule has 0 bridgehead atoms. The molecule has 4 nitrogen and oxygen atoms in total. The van der Waals surface area contributed by atoms with Gasteiger partial charge in [0.1, 0.15) is 0 Å². The van der Waals surface area contributed by atoms with Gasteiger partial charge in [0.15, 0.2) is 0 Å². The van der Waals surface area contributed by atoms with Crippen molar-refractivity contribution in [3.63, 3.8) is 0 Å². The third kappa shape index (κ3) is 3.54. The number of aryl methyl sites for hydroxylation is 1. The van der Waals surface area contributed by atoms with E-state index in [2.05, 4.69) is 0 Å². The lowest BCUT2D eigenvalue weighted by Gasteiger charge is -2.04. The Labute approximate surface area is 77.5 Å². The van der Waals surface area contributed by atoms with E-state index in [1.807, 2.05) is 29.8 Å². The predicted octanol–water partition coefficient (Wildman–Crippen LogP) is 0.887. The Morgan fingerprint density at radius 2 is 2.00 bits per heavy atom. The largest absolute Gasteiger partial charge is 0.333 e. The third-order valence-corrected chi connectivity index (χ3v) is 2.22. The number of benzene rings is 1. The van der Waals surface area contributed by atoms with Crippen molar-refractivity contribution in [2.24, 2.45) is 0 Å². The maximum atomic E-state index is 10.4. The van der Waals surface area contributed by atoms with Gasteiger partial charge in [0.05, 0.1) is 0 Å². The molecule has 1 aromatic carbocycles. The summed E-state index contributed by atoms with van der Waals surface area (Å²) >= 11 is 0. The normalized spacial score (nSPS) is 11.5. The van der Waals surface area contributed by atoms with Crippen molar-refractivity contribution in [3.8, 4) is 0 Å². The van der Waals surface area contributed by atoms with Gasteiger partial charge in [0, 0.05) is 6.54 Å². The summed E-state index contributed by atoms with van der Waals surface area (Å²) in [7, 11) is -4.09. The summed E-state index contributed by atoms with van der Waals surface area (Å²) in [5.41, 5.74) is 1.83. The maximum absolute atomic E-state index is 10.4. The molecule has 0 aromatic heterocycles. The smallest absolute Gasteiger partial charge is 0.273 e. The zero-order chi connectivity index (χ0) is 9.90. The molecule has 0 spiro atoms. The highest BCUT2D eigenvalue weighted by molar-refractivity contribution is 7.83. The van der Waals surface area contributed by atoms with Gasteiger partial charge in [-0.2, -0.15) is 13.1 Å². The highest BCUT2D eigenvalue weighted by Gasteiger charge is 2.03. The minimum Gasteiger partial charge on any atom is -0.273 e. The van der Waals surface area contributed by atoms with Crippen LogP contribution in [0.15, 0.2) is 24.3 Å². The molecule has 0 amide bonds.